The molecule has 0 bridgehead atoms. The fourth-order valence-corrected chi connectivity index (χ4v) is 2.65. The lowest BCUT2D eigenvalue weighted by atomic mass is 9.98. The molecule has 132 valence electrons. The zero-order chi connectivity index (χ0) is 18.5. The number of nitriles is 1. The zero-order valence-electron chi connectivity index (χ0n) is 14.4. The largest absolute Gasteiger partial charge is 0.497 e. The highest BCUT2D eigenvalue weighted by atomic mass is 16.5. The fourth-order valence-electron chi connectivity index (χ4n) is 2.65. The molecule has 0 atom stereocenters. The highest BCUT2D eigenvalue weighted by molar-refractivity contribution is 6.14. The van der Waals surface area contributed by atoms with Crippen LogP contribution in [0.4, 0.5) is 0 Å². The number of nitrogens with zero attached hydrogens (tertiary/aromatic N) is 1. The molecule has 3 rings (SSSR count). The third kappa shape index (κ3) is 3.47. The summed E-state index contributed by atoms with van der Waals surface area (Å²) in [6.45, 7) is 0.120. The van der Waals surface area contributed by atoms with Gasteiger partial charge in [-0.2, -0.15) is 5.26 Å². The monoisotopic (exact) mass is 351 g/mol. The van der Waals surface area contributed by atoms with Crippen LogP contribution >= 0.6 is 0 Å². The summed E-state index contributed by atoms with van der Waals surface area (Å²) in [6.07, 6.45) is 1.75. The van der Waals surface area contributed by atoms with Crippen molar-refractivity contribution in [2.45, 2.75) is 0 Å². The summed E-state index contributed by atoms with van der Waals surface area (Å²) < 4.78 is 21.4. The van der Waals surface area contributed by atoms with Crippen LogP contribution in [0.2, 0.25) is 0 Å². The lowest BCUT2D eigenvalue weighted by Crippen LogP contribution is -2.19. The fraction of sp³-hybridized carbons (Fsp3) is 0.200. The number of carbonyl (C=O) groups excluding carboxylic acids is 1. The third-order valence-electron chi connectivity index (χ3n) is 3.93. The SMILES string of the molecule is COc1ccc2c(c1)C(=O)C(=Cc1ccc(OCC#N)c(OC)c1)CO2. The molecular weight excluding hydrogens is 334 g/mol. The van der Waals surface area contributed by atoms with E-state index in [-0.39, 0.29) is 19.0 Å². The van der Waals surface area contributed by atoms with Gasteiger partial charge in [0, 0.05) is 5.57 Å². The Labute approximate surface area is 151 Å². The first-order valence-electron chi connectivity index (χ1n) is 7.90. The van der Waals surface area contributed by atoms with Crippen molar-refractivity contribution in [3.63, 3.8) is 0 Å². The zero-order valence-corrected chi connectivity index (χ0v) is 14.4. The van der Waals surface area contributed by atoms with E-state index in [0.29, 0.717) is 34.1 Å². The predicted octanol–water partition coefficient (Wildman–Crippen LogP) is 3.26. The molecule has 26 heavy (non-hydrogen) atoms. The van der Waals surface area contributed by atoms with Gasteiger partial charge in [-0.25, -0.2) is 0 Å². The van der Waals surface area contributed by atoms with Crippen LogP contribution in [0.25, 0.3) is 6.08 Å². The molecule has 0 aromatic heterocycles. The van der Waals surface area contributed by atoms with Gasteiger partial charge in [0.25, 0.3) is 0 Å². The van der Waals surface area contributed by atoms with Crippen molar-refractivity contribution in [2.75, 3.05) is 27.4 Å². The number of ether oxygens (including phenoxy) is 4. The van der Waals surface area contributed by atoms with Gasteiger partial charge in [0.05, 0.1) is 19.8 Å². The quantitative estimate of drug-likeness (QED) is 0.770. The minimum atomic E-state index is -0.103. The summed E-state index contributed by atoms with van der Waals surface area (Å²) in [5.41, 5.74) is 1.77. The van der Waals surface area contributed by atoms with Crippen LogP contribution in [0, 0.1) is 11.3 Å². The molecule has 0 saturated heterocycles. The van der Waals surface area contributed by atoms with Gasteiger partial charge in [-0.05, 0) is 42.0 Å². The maximum absolute atomic E-state index is 12.8. The van der Waals surface area contributed by atoms with E-state index in [2.05, 4.69) is 0 Å². The van der Waals surface area contributed by atoms with Crippen LogP contribution in [0.15, 0.2) is 42.0 Å². The van der Waals surface area contributed by atoms with E-state index in [1.54, 1.807) is 49.6 Å². The van der Waals surface area contributed by atoms with Crippen molar-refractivity contribution in [3.8, 4) is 29.1 Å². The van der Waals surface area contributed by atoms with Gasteiger partial charge < -0.3 is 18.9 Å². The molecule has 1 heterocycles. The molecule has 2 aromatic rings. The van der Waals surface area contributed by atoms with E-state index >= 15 is 0 Å². The Morgan fingerprint density at radius 2 is 2.00 bits per heavy atom. The van der Waals surface area contributed by atoms with Crippen LogP contribution in [-0.2, 0) is 0 Å². The number of methoxy groups -OCH3 is 2. The van der Waals surface area contributed by atoms with E-state index in [4.69, 9.17) is 24.2 Å². The second kappa shape index (κ2) is 7.62. The smallest absolute Gasteiger partial charge is 0.196 e. The molecule has 6 heteroatoms. The first-order chi connectivity index (χ1) is 12.7. The number of ketones is 1. The van der Waals surface area contributed by atoms with Gasteiger partial charge in [0.2, 0.25) is 0 Å². The maximum Gasteiger partial charge on any atom is 0.196 e. The number of rotatable bonds is 5. The van der Waals surface area contributed by atoms with E-state index in [9.17, 15) is 4.79 Å². The molecule has 0 radical (unpaired) electrons. The summed E-state index contributed by atoms with van der Waals surface area (Å²) in [5.74, 6) is 2.00. The van der Waals surface area contributed by atoms with Crippen LogP contribution in [-0.4, -0.2) is 33.2 Å². The van der Waals surface area contributed by atoms with Gasteiger partial charge in [-0.1, -0.05) is 6.07 Å². The van der Waals surface area contributed by atoms with Gasteiger partial charge >= 0.3 is 0 Å². The summed E-state index contributed by atoms with van der Waals surface area (Å²) in [6, 6.07) is 12.3. The second-order valence-corrected chi connectivity index (χ2v) is 5.51. The van der Waals surface area contributed by atoms with Gasteiger partial charge in [0.15, 0.2) is 23.9 Å². The average Bonchev–Trinajstić information content (AvgIpc) is 2.68. The molecule has 0 fully saturated rings. The Kier molecular flexibility index (Phi) is 5.09. The molecule has 0 aliphatic carbocycles. The predicted molar refractivity (Wildman–Crippen MR) is 94.9 cm³/mol. The normalized spacial score (nSPS) is 14.2. The number of benzene rings is 2. The molecule has 0 spiro atoms. The van der Waals surface area contributed by atoms with Crippen LogP contribution in [0.1, 0.15) is 15.9 Å². The number of fused-ring (bicyclic) bond motifs is 1. The van der Waals surface area contributed by atoms with Gasteiger partial charge in [0.1, 0.15) is 24.2 Å². The van der Waals surface area contributed by atoms with Crippen LogP contribution in [0.3, 0.4) is 0 Å². The Hall–Kier alpha value is -3.46. The van der Waals surface area contributed by atoms with Crippen molar-refractivity contribution in [3.05, 3.63) is 53.1 Å². The highest BCUT2D eigenvalue weighted by Gasteiger charge is 2.24. The Balaban J connectivity index is 1.90. The number of hydrogen-bond donors (Lipinski definition) is 0. The Bertz CT molecular complexity index is 911. The topological polar surface area (TPSA) is 77.8 Å². The first-order valence-corrected chi connectivity index (χ1v) is 7.90. The number of carbonyl (C=O) groups is 1. The van der Waals surface area contributed by atoms with Crippen molar-refractivity contribution in [1.29, 1.82) is 5.26 Å². The van der Waals surface area contributed by atoms with Gasteiger partial charge in [-0.15, -0.1) is 0 Å². The van der Waals surface area contributed by atoms with E-state index in [0.717, 1.165) is 5.56 Å². The average molecular weight is 351 g/mol. The van der Waals surface area contributed by atoms with E-state index in [1.807, 2.05) is 6.07 Å². The van der Waals surface area contributed by atoms with Crippen LogP contribution < -0.4 is 18.9 Å². The highest BCUT2D eigenvalue weighted by Crippen LogP contribution is 2.33. The third-order valence-corrected chi connectivity index (χ3v) is 3.93. The molecule has 0 N–H and O–H groups in total. The molecule has 2 aromatic carbocycles. The van der Waals surface area contributed by atoms with Crippen molar-refractivity contribution >= 4 is 11.9 Å². The minimum absolute atomic E-state index is 0.0677. The second-order valence-electron chi connectivity index (χ2n) is 5.51. The number of hydrogen-bond acceptors (Lipinski definition) is 6. The summed E-state index contributed by atoms with van der Waals surface area (Å²) >= 11 is 0. The lowest BCUT2D eigenvalue weighted by molar-refractivity contribution is 0.100. The molecule has 1 aliphatic rings. The molecule has 0 saturated carbocycles. The minimum Gasteiger partial charge on any atom is -0.497 e. The molecule has 0 amide bonds. The summed E-state index contributed by atoms with van der Waals surface area (Å²) in [7, 11) is 3.07. The van der Waals surface area contributed by atoms with Gasteiger partial charge in [-0.3, -0.25) is 4.79 Å². The summed E-state index contributed by atoms with van der Waals surface area (Å²) in [4.78, 5) is 12.8. The van der Waals surface area contributed by atoms with Crippen molar-refractivity contribution in [1.82, 2.24) is 0 Å². The maximum atomic E-state index is 12.8. The molecule has 6 nitrogen and oxygen atoms in total. The lowest BCUT2D eigenvalue weighted by Gasteiger charge is -2.19. The first kappa shape index (κ1) is 17.4. The van der Waals surface area contributed by atoms with Crippen LogP contribution in [0.5, 0.6) is 23.0 Å². The standard InChI is InChI=1S/C20H17NO5/c1-23-15-4-6-17-16(11-15)20(22)14(12-26-17)9-13-3-5-18(25-8-7-21)19(10-13)24-2/h3-6,9-11H,8,12H2,1-2H3. The van der Waals surface area contributed by atoms with Crippen molar-refractivity contribution in [2.24, 2.45) is 0 Å². The van der Waals surface area contributed by atoms with E-state index in [1.165, 1.54) is 7.11 Å². The molecular formula is C20H17NO5. The Morgan fingerprint density at radius 1 is 1.15 bits per heavy atom. The van der Waals surface area contributed by atoms with Crippen molar-refractivity contribution < 1.29 is 23.7 Å². The molecule has 0 unspecified atom stereocenters. The van der Waals surface area contributed by atoms with E-state index < -0.39 is 0 Å². The summed E-state index contributed by atoms with van der Waals surface area (Å²) in [5, 5.41) is 8.62. The number of Topliss-reactive ketones (excluding diaryl/α,β-unsaturated/α-hetero) is 1. The Morgan fingerprint density at radius 3 is 2.73 bits per heavy atom. The molecule has 1 aliphatic heterocycles.